The van der Waals surface area contributed by atoms with Crippen molar-refractivity contribution in [2.75, 3.05) is 10.6 Å². The molecule has 144 valence electrons. The smallest absolute Gasteiger partial charge is 0.355 e. The van der Waals surface area contributed by atoms with Crippen molar-refractivity contribution in [2.24, 2.45) is 0 Å². The van der Waals surface area contributed by atoms with E-state index in [1.54, 1.807) is 18.2 Å². The van der Waals surface area contributed by atoms with Crippen LogP contribution in [0.5, 0.6) is 0 Å². The number of amides is 1. The predicted molar refractivity (Wildman–Crippen MR) is 105 cm³/mol. The molecule has 28 heavy (non-hydrogen) atoms. The molecule has 0 aliphatic heterocycles. The van der Waals surface area contributed by atoms with Crippen LogP contribution in [0.2, 0.25) is 0 Å². The molecular weight excluding hydrogens is 365 g/mol. The van der Waals surface area contributed by atoms with Crippen molar-refractivity contribution in [1.29, 1.82) is 0 Å². The zero-order valence-electron chi connectivity index (χ0n) is 15.4. The summed E-state index contributed by atoms with van der Waals surface area (Å²) < 4.78 is 38.0. The number of anilines is 3. The SMILES string of the molecule is Cc1cccc(Nc2ccccc2C(=O)Nc2ccc(C(F)(F)F)cc2)c1C. The molecule has 6 heteroatoms. The number of nitrogens with one attached hydrogen (secondary N) is 2. The lowest BCUT2D eigenvalue weighted by atomic mass is 10.1. The molecule has 3 nitrogen and oxygen atoms in total. The van der Waals surface area contributed by atoms with Gasteiger partial charge >= 0.3 is 6.18 Å². The van der Waals surface area contributed by atoms with Gasteiger partial charge in [-0.1, -0.05) is 24.3 Å². The van der Waals surface area contributed by atoms with Gasteiger partial charge in [-0.3, -0.25) is 4.79 Å². The monoisotopic (exact) mass is 384 g/mol. The molecular formula is C22H19F3N2O. The summed E-state index contributed by atoms with van der Waals surface area (Å²) in [5.41, 5.74) is 3.61. The summed E-state index contributed by atoms with van der Waals surface area (Å²) in [5.74, 6) is -0.409. The molecule has 0 aliphatic rings. The van der Waals surface area contributed by atoms with E-state index in [0.29, 0.717) is 16.9 Å². The van der Waals surface area contributed by atoms with Gasteiger partial charge < -0.3 is 10.6 Å². The summed E-state index contributed by atoms with van der Waals surface area (Å²) in [6.45, 7) is 3.99. The number of aryl methyl sites for hydroxylation is 1. The van der Waals surface area contributed by atoms with E-state index in [-0.39, 0.29) is 0 Å². The third kappa shape index (κ3) is 4.34. The van der Waals surface area contributed by atoms with Crippen LogP contribution in [0.4, 0.5) is 30.2 Å². The van der Waals surface area contributed by atoms with Gasteiger partial charge in [-0.25, -0.2) is 0 Å². The number of rotatable bonds is 4. The molecule has 3 aromatic rings. The highest BCUT2D eigenvalue weighted by molar-refractivity contribution is 6.08. The van der Waals surface area contributed by atoms with E-state index < -0.39 is 17.6 Å². The van der Waals surface area contributed by atoms with E-state index >= 15 is 0 Å². The molecule has 1 amide bonds. The fourth-order valence-corrected chi connectivity index (χ4v) is 2.76. The molecule has 0 unspecified atom stereocenters. The molecule has 0 fully saturated rings. The Bertz CT molecular complexity index is 995. The minimum absolute atomic E-state index is 0.291. The number of carbonyl (C=O) groups is 1. The van der Waals surface area contributed by atoms with Crippen LogP contribution in [0.15, 0.2) is 66.7 Å². The van der Waals surface area contributed by atoms with Crippen LogP contribution in [-0.4, -0.2) is 5.91 Å². The Labute approximate surface area is 161 Å². The second-order valence-corrected chi connectivity index (χ2v) is 6.45. The van der Waals surface area contributed by atoms with Gasteiger partial charge in [0.2, 0.25) is 0 Å². The zero-order chi connectivity index (χ0) is 20.3. The molecule has 0 aliphatic carbocycles. The van der Waals surface area contributed by atoms with Gasteiger partial charge in [0.1, 0.15) is 0 Å². The Morgan fingerprint density at radius 1 is 0.821 bits per heavy atom. The average Bonchev–Trinajstić information content (AvgIpc) is 2.65. The molecule has 2 N–H and O–H groups in total. The van der Waals surface area contributed by atoms with Crippen molar-refractivity contribution >= 4 is 23.0 Å². The number of carbonyl (C=O) groups excluding carboxylic acids is 1. The lowest BCUT2D eigenvalue weighted by Gasteiger charge is -2.15. The summed E-state index contributed by atoms with van der Waals surface area (Å²) in [4.78, 5) is 12.7. The number of alkyl halides is 3. The quantitative estimate of drug-likeness (QED) is 0.553. The summed E-state index contributed by atoms with van der Waals surface area (Å²) >= 11 is 0. The van der Waals surface area contributed by atoms with Gasteiger partial charge in [0.05, 0.1) is 16.8 Å². The largest absolute Gasteiger partial charge is 0.416 e. The summed E-state index contributed by atoms with van der Waals surface area (Å²) in [6, 6.07) is 17.2. The Morgan fingerprint density at radius 2 is 1.46 bits per heavy atom. The fraction of sp³-hybridized carbons (Fsp3) is 0.136. The lowest BCUT2D eigenvalue weighted by molar-refractivity contribution is -0.137. The second kappa shape index (κ2) is 7.76. The maximum Gasteiger partial charge on any atom is 0.416 e. The van der Waals surface area contributed by atoms with Crippen LogP contribution in [0.1, 0.15) is 27.0 Å². The second-order valence-electron chi connectivity index (χ2n) is 6.45. The molecule has 3 aromatic carbocycles. The Hall–Kier alpha value is -3.28. The minimum Gasteiger partial charge on any atom is -0.355 e. The number of halogens is 3. The van der Waals surface area contributed by atoms with E-state index in [1.165, 1.54) is 12.1 Å². The fourth-order valence-electron chi connectivity index (χ4n) is 2.76. The van der Waals surface area contributed by atoms with Gasteiger partial charge in [-0.15, -0.1) is 0 Å². The molecule has 0 heterocycles. The van der Waals surface area contributed by atoms with Gasteiger partial charge in [-0.05, 0) is 67.4 Å². The first-order valence-electron chi connectivity index (χ1n) is 8.66. The average molecular weight is 384 g/mol. The first kappa shape index (κ1) is 19.5. The minimum atomic E-state index is -4.41. The number of hydrogen-bond acceptors (Lipinski definition) is 2. The van der Waals surface area contributed by atoms with Gasteiger partial charge in [-0.2, -0.15) is 13.2 Å². The maximum absolute atomic E-state index is 12.7. The summed E-state index contributed by atoms with van der Waals surface area (Å²) in [6.07, 6.45) is -4.41. The molecule has 0 saturated heterocycles. The number of para-hydroxylation sites is 1. The predicted octanol–water partition coefficient (Wildman–Crippen LogP) is 6.32. The molecule has 0 bridgehead atoms. The van der Waals surface area contributed by atoms with Crippen LogP contribution in [-0.2, 0) is 6.18 Å². The maximum atomic E-state index is 12.7. The summed E-state index contributed by atoms with van der Waals surface area (Å²) in [7, 11) is 0. The lowest BCUT2D eigenvalue weighted by Crippen LogP contribution is -2.14. The topological polar surface area (TPSA) is 41.1 Å². The number of benzene rings is 3. The molecule has 0 radical (unpaired) electrons. The molecule has 0 saturated carbocycles. The van der Waals surface area contributed by atoms with Crippen LogP contribution < -0.4 is 10.6 Å². The Balaban J connectivity index is 1.82. The third-order valence-corrected chi connectivity index (χ3v) is 4.52. The van der Waals surface area contributed by atoms with Crippen LogP contribution in [0.25, 0.3) is 0 Å². The Morgan fingerprint density at radius 3 is 2.14 bits per heavy atom. The van der Waals surface area contributed by atoms with Crippen molar-refractivity contribution in [2.45, 2.75) is 20.0 Å². The number of hydrogen-bond donors (Lipinski definition) is 2. The normalized spacial score (nSPS) is 11.2. The first-order chi connectivity index (χ1) is 13.3. The molecule has 0 atom stereocenters. The molecule has 3 rings (SSSR count). The van der Waals surface area contributed by atoms with Crippen LogP contribution in [0, 0.1) is 13.8 Å². The van der Waals surface area contributed by atoms with Crippen molar-refractivity contribution in [3.63, 3.8) is 0 Å². The Kier molecular flexibility index (Phi) is 5.40. The highest BCUT2D eigenvalue weighted by atomic mass is 19.4. The van der Waals surface area contributed by atoms with Crippen molar-refractivity contribution < 1.29 is 18.0 Å². The standard InChI is InChI=1S/C22H19F3N2O/c1-14-6-5-9-19(15(14)2)27-20-8-4-3-7-18(20)21(28)26-17-12-10-16(11-13-17)22(23,24)25/h3-13,27H,1-2H3,(H,26,28). The van der Waals surface area contributed by atoms with Crippen LogP contribution in [0.3, 0.4) is 0 Å². The van der Waals surface area contributed by atoms with Gasteiger partial charge in [0.15, 0.2) is 0 Å². The van der Waals surface area contributed by atoms with E-state index in [9.17, 15) is 18.0 Å². The van der Waals surface area contributed by atoms with E-state index in [2.05, 4.69) is 10.6 Å². The highest BCUT2D eigenvalue weighted by Gasteiger charge is 2.30. The molecule has 0 spiro atoms. The third-order valence-electron chi connectivity index (χ3n) is 4.52. The highest BCUT2D eigenvalue weighted by Crippen LogP contribution is 2.30. The van der Waals surface area contributed by atoms with E-state index in [4.69, 9.17) is 0 Å². The van der Waals surface area contributed by atoms with Crippen molar-refractivity contribution in [1.82, 2.24) is 0 Å². The van der Waals surface area contributed by atoms with Gasteiger partial charge in [0, 0.05) is 11.4 Å². The van der Waals surface area contributed by atoms with Crippen LogP contribution >= 0.6 is 0 Å². The first-order valence-corrected chi connectivity index (χ1v) is 8.66. The van der Waals surface area contributed by atoms with E-state index in [1.807, 2.05) is 38.1 Å². The summed E-state index contributed by atoms with van der Waals surface area (Å²) in [5, 5.41) is 5.91. The van der Waals surface area contributed by atoms with Crippen molar-refractivity contribution in [3.05, 3.63) is 89.0 Å². The van der Waals surface area contributed by atoms with Gasteiger partial charge in [0.25, 0.3) is 5.91 Å². The molecule has 0 aromatic heterocycles. The van der Waals surface area contributed by atoms with Crippen molar-refractivity contribution in [3.8, 4) is 0 Å². The zero-order valence-corrected chi connectivity index (χ0v) is 15.4. The van der Waals surface area contributed by atoms with E-state index in [0.717, 1.165) is 28.9 Å².